The lowest BCUT2D eigenvalue weighted by molar-refractivity contribution is -0.0535. The van der Waals surface area contributed by atoms with Gasteiger partial charge in [0.15, 0.2) is 5.82 Å². The van der Waals surface area contributed by atoms with Gasteiger partial charge in [-0.2, -0.15) is 0 Å². The van der Waals surface area contributed by atoms with E-state index in [1.165, 1.54) is 4.57 Å². The van der Waals surface area contributed by atoms with Crippen LogP contribution in [0.25, 0.3) is 11.6 Å². The van der Waals surface area contributed by atoms with Gasteiger partial charge in [-0.15, -0.1) is 0 Å². The predicted molar refractivity (Wildman–Crippen MR) is 109 cm³/mol. The second-order valence-corrected chi connectivity index (χ2v) is 8.28. The van der Waals surface area contributed by atoms with E-state index in [0.717, 1.165) is 29.6 Å². The first-order chi connectivity index (χ1) is 15.4. The van der Waals surface area contributed by atoms with Crippen molar-refractivity contribution in [1.82, 2.24) is 24.2 Å². The maximum atomic E-state index is 14.2. The molecule has 0 spiro atoms. The number of ether oxygens (including phenoxy) is 1. The van der Waals surface area contributed by atoms with Crippen LogP contribution in [-0.2, 0) is 31.4 Å². The van der Waals surface area contributed by atoms with Gasteiger partial charge in [0, 0.05) is 44.3 Å². The maximum absolute atomic E-state index is 14.2. The molecule has 11 heteroatoms. The molecule has 3 aromatic rings. The third-order valence-electron chi connectivity index (χ3n) is 6.36. The minimum Gasteiger partial charge on any atom is -0.370 e. The Labute approximate surface area is 182 Å². The third-order valence-corrected chi connectivity index (χ3v) is 6.36. The molecule has 1 saturated heterocycles. The minimum absolute atomic E-state index is 0.0252. The summed E-state index contributed by atoms with van der Waals surface area (Å²) < 4.78 is 41.8. The quantitative estimate of drug-likeness (QED) is 0.651. The van der Waals surface area contributed by atoms with Crippen LogP contribution in [0.2, 0.25) is 0 Å². The van der Waals surface area contributed by atoms with Crippen LogP contribution in [0.15, 0.2) is 27.5 Å². The molecule has 2 aromatic heterocycles. The number of fused-ring (bicyclic) bond motifs is 1. The molecule has 170 valence electrons. The molecular formula is C21H24F2N6O3. The number of nitrogens with two attached hydrogens (primary N) is 1. The molecule has 1 aromatic carbocycles. The third kappa shape index (κ3) is 3.37. The zero-order valence-corrected chi connectivity index (χ0v) is 17.8. The van der Waals surface area contributed by atoms with E-state index in [9.17, 15) is 13.6 Å². The van der Waals surface area contributed by atoms with Crippen molar-refractivity contribution in [3.63, 3.8) is 0 Å². The standard InChI is InChI=1S/C21H24F2N6O3/c1-3-29-17-9-28(8-16(17)25-19(29)20-26-32-21(30)27(20)2)12-7-15(24)18(31-10-12)13-6-11(22)4-5-14(13)23/h4-6,12,15,18H,3,7-10,24H2,1-2H3/t12-,15+,18-/m1/s1. The molecule has 9 nitrogen and oxygen atoms in total. The van der Waals surface area contributed by atoms with Crippen molar-refractivity contribution < 1.29 is 18.0 Å². The minimum atomic E-state index is -0.686. The first-order valence-electron chi connectivity index (χ1n) is 10.5. The molecule has 32 heavy (non-hydrogen) atoms. The predicted octanol–water partition coefficient (Wildman–Crippen LogP) is 1.71. The summed E-state index contributed by atoms with van der Waals surface area (Å²) in [6.45, 7) is 4.26. The van der Waals surface area contributed by atoms with Gasteiger partial charge in [0.2, 0.25) is 5.82 Å². The zero-order chi connectivity index (χ0) is 22.6. The molecule has 1 fully saturated rings. The topological polar surface area (TPSA) is 104 Å². The highest BCUT2D eigenvalue weighted by Crippen LogP contribution is 2.35. The molecule has 0 amide bonds. The lowest BCUT2D eigenvalue weighted by atomic mass is 9.93. The number of rotatable bonds is 4. The van der Waals surface area contributed by atoms with Gasteiger partial charge < -0.3 is 15.0 Å². The summed E-state index contributed by atoms with van der Waals surface area (Å²) in [6.07, 6.45) is -0.101. The number of hydrogen-bond acceptors (Lipinski definition) is 7. The molecule has 0 radical (unpaired) electrons. The van der Waals surface area contributed by atoms with Crippen LogP contribution in [0, 0.1) is 11.6 Å². The highest BCUT2D eigenvalue weighted by Gasteiger charge is 2.38. The number of nitrogens with zero attached hydrogens (tertiary/aromatic N) is 5. The Balaban J connectivity index is 1.33. The van der Waals surface area contributed by atoms with Crippen molar-refractivity contribution in [2.75, 3.05) is 6.61 Å². The van der Waals surface area contributed by atoms with Gasteiger partial charge >= 0.3 is 5.76 Å². The smallest absolute Gasteiger partial charge is 0.370 e. The van der Waals surface area contributed by atoms with Gasteiger partial charge in [0.25, 0.3) is 0 Å². The fourth-order valence-corrected chi connectivity index (χ4v) is 4.68. The van der Waals surface area contributed by atoms with E-state index < -0.39 is 29.5 Å². The van der Waals surface area contributed by atoms with Gasteiger partial charge in [-0.1, -0.05) is 5.16 Å². The number of imidazole rings is 1. The average Bonchev–Trinajstić information content (AvgIpc) is 3.42. The number of halogens is 2. The summed E-state index contributed by atoms with van der Waals surface area (Å²) in [5.41, 5.74) is 8.44. The van der Waals surface area contributed by atoms with E-state index in [1.807, 2.05) is 11.5 Å². The van der Waals surface area contributed by atoms with Crippen molar-refractivity contribution in [2.45, 2.75) is 51.2 Å². The number of aromatic nitrogens is 4. The van der Waals surface area contributed by atoms with Crippen LogP contribution >= 0.6 is 0 Å². The molecule has 2 aliphatic heterocycles. The second-order valence-electron chi connectivity index (χ2n) is 8.28. The number of hydrogen-bond donors (Lipinski definition) is 1. The van der Waals surface area contributed by atoms with Crippen molar-refractivity contribution in [2.24, 2.45) is 12.8 Å². The Morgan fingerprint density at radius 3 is 2.75 bits per heavy atom. The highest BCUT2D eigenvalue weighted by molar-refractivity contribution is 5.47. The Morgan fingerprint density at radius 1 is 1.25 bits per heavy atom. The molecule has 0 unspecified atom stereocenters. The van der Waals surface area contributed by atoms with E-state index in [4.69, 9.17) is 20.0 Å². The molecule has 4 heterocycles. The SMILES string of the molecule is CCn1c(-c2noc(=O)n2C)nc2c1CN([C@H]1CO[C@H](c3cc(F)ccc3F)[C@@H](N)C1)C2. The molecular weight excluding hydrogens is 422 g/mol. The van der Waals surface area contributed by atoms with Crippen LogP contribution in [0.5, 0.6) is 0 Å². The van der Waals surface area contributed by atoms with Crippen molar-refractivity contribution >= 4 is 0 Å². The Kier molecular flexibility index (Phi) is 5.19. The average molecular weight is 446 g/mol. The molecule has 0 aliphatic carbocycles. The Hall–Kier alpha value is -2.89. The highest BCUT2D eigenvalue weighted by atomic mass is 19.1. The van der Waals surface area contributed by atoms with E-state index in [-0.39, 0.29) is 11.6 Å². The fraction of sp³-hybridized carbons (Fsp3) is 0.476. The first kappa shape index (κ1) is 21.0. The van der Waals surface area contributed by atoms with Gasteiger partial charge in [-0.25, -0.2) is 18.6 Å². The summed E-state index contributed by atoms with van der Waals surface area (Å²) in [7, 11) is 1.60. The summed E-state index contributed by atoms with van der Waals surface area (Å²) in [5, 5.41) is 3.86. The lowest BCUT2D eigenvalue weighted by Crippen LogP contribution is -2.47. The first-order valence-corrected chi connectivity index (χ1v) is 10.5. The Bertz CT molecular complexity index is 1220. The molecule has 0 bridgehead atoms. The van der Waals surface area contributed by atoms with Gasteiger partial charge in [-0.3, -0.25) is 14.0 Å². The van der Waals surface area contributed by atoms with Crippen molar-refractivity contribution in [1.29, 1.82) is 0 Å². The van der Waals surface area contributed by atoms with E-state index in [2.05, 4.69) is 10.1 Å². The fourth-order valence-electron chi connectivity index (χ4n) is 4.68. The van der Waals surface area contributed by atoms with Crippen LogP contribution in [0.3, 0.4) is 0 Å². The summed E-state index contributed by atoms with van der Waals surface area (Å²) in [5.74, 6) is -0.582. The van der Waals surface area contributed by atoms with Crippen LogP contribution in [0.1, 0.15) is 36.4 Å². The van der Waals surface area contributed by atoms with E-state index in [0.29, 0.717) is 44.3 Å². The van der Waals surface area contributed by atoms with Crippen LogP contribution in [-0.4, -0.2) is 42.9 Å². The summed E-state index contributed by atoms with van der Waals surface area (Å²) >= 11 is 0. The summed E-state index contributed by atoms with van der Waals surface area (Å²) in [6, 6.07) is 2.89. The second kappa shape index (κ2) is 7.91. The van der Waals surface area contributed by atoms with Gasteiger partial charge in [0.05, 0.1) is 18.0 Å². The molecule has 2 aliphatic rings. The number of benzene rings is 1. The molecule has 3 atom stereocenters. The normalized spacial score (nSPS) is 23.6. The van der Waals surface area contributed by atoms with Crippen LogP contribution in [0.4, 0.5) is 8.78 Å². The lowest BCUT2D eigenvalue weighted by Gasteiger charge is -2.38. The summed E-state index contributed by atoms with van der Waals surface area (Å²) in [4.78, 5) is 18.6. The Morgan fingerprint density at radius 2 is 2.06 bits per heavy atom. The van der Waals surface area contributed by atoms with E-state index in [1.54, 1.807) is 7.05 Å². The van der Waals surface area contributed by atoms with Crippen LogP contribution < -0.4 is 11.5 Å². The zero-order valence-electron chi connectivity index (χ0n) is 17.8. The van der Waals surface area contributed by atoms with Gasteiger partial charge in [-0.05, 0) is 31.5 Å². The molecule has 2 N–H and O–H groups in total. The van der Waals surface area contributed by atoms with E-state index >= 15 is 0 Å². The molecule has 0 saturated carbocycles. The van der Waals surface area contributed by atoms with Crippen molar-refractivity contribution in [3.8, 4) is 11.6 Å². The van der Waals surface area contributed by atoms with Crippen molar-refractivity contribution in [3.05, 3.63) is 57.3 Å². The largest absolute Gasteiger partial charge is 0.441 e. The maximum Gasteiger partial charge on any atom is 0.441 e. The monoisotopic (exact) mass is 446 g/mol. The van der Waals surface area contributed by atoms with Gasteiger partial charge in [0.1, 0.15) is 17.7 Å². The molecule has 5 rings (SSSR count).